The number of hydrogen-bond acceptors (Lipinski definition) is 1. The molecule has 0 aliphatic heterocycles. The molecule has 0 aromatic rings. The topological polar surface area (TPSA) is 127 Å². The molecule has 6 nitrogen and oxygen atoms in total. The lowest BCUT2D eigenvalue weighted by molar-refractivity contribution is 1.34. The summed E-state index contributed by atoms with van der Waals surface area (Å²) in [5.41, 5.74) is 15.2. The Balaban J connectivity index is 4.22. The van der Waals surface area contributed by atoms with E-state index in [0.717, 1.165) is 0 Å². The summed E-state index contributed by atoms with van der Waals surface area (Å²) < 4.78 is 0. The van der Waals surface area contributed by atoms with Crippen LogP contribution in [0, 0.1) is 5.41 Å². The number of nitrogens with two attached hydrogens (primary N) is 3. The molecule has 0 amide bonds. The van der Waals surface area contributed by atoms with Crippen LogP contribution in [0.5, 0.6) is 0 Å². The summed E-state index contributed by atoms with van der Waals surface area (Å²) >= 11 is 0. The van der Waals surface area contributed by atoms with Crippen molar-refractivity contribution in [1.29, 1.82) is 5.41 Å². The smallest absolute Gasteiger partial charge is 0.224 e. The van der Waals surface area contributed by atoms with E-state index in [0.29, 0.717) is 0 Å². The van der Waals surface area contributed by atoms with Gasteiger partial charge in [0.25, 0.3) is 0 Å². The van der Waals surface area contributed by atoms with Gasteiger partial charge in [-0.25, -0.2) is 4.99 Å². The van der Waals surface area contributed by atoms with Crippen LogP contribution in [0.2, 0.25) is 0 Å². The summed E-state index contributed by atoms with van der Waals surface area (Å²) in [5.74, 6) is -0.211. The summed E-state index contributed by atoms with van der Waals surface area (Å²) in [4.78, 5) is 6.82. The van der Waals surface area contributed by atoms with Gasteiger partial charge in [-0.1, -0.05) is 0 Å². The Bertz CT molecular complexity index is 186. The van der Waals surface area contributed by atoms with Crippen LogP contribution in [0.1, 0.15) is 6.92 Å². The molecule has 0 aromatic carbocycles. The van der Waals surface area contributed by atoms with Gasteiger partial charge in [0, 0.05) is 0 Å². The van der Waals surface area contributed by atoms with Crippen LogP contribution in [-0.4, -0.2) is 17.8 Å². The third-order valence-electron chi connectivity index (χ3n) is 0.526. The minimum atomic E-state index is -0.387. The molecule has 0 radical (unpaired) electrons. The first-order valence-corrected chi connectivity index (χ1v) is 2.51. The van der Waals surface area contributed by atoms with Crippen molar-refractivity contribution in [3.63, 3.8) is 0 Å². The second-order valence-corrected chi connectivity index (χ2v) is 1.61. The van der Waals surface area contributed by atoms with E-state index in [1.54, 1.807) is 6.92 Å². The van der Waals surface area contributed by atoms with E-state index in [4.69, 9.17) is 22.6 Å². The monoisotopic (exact) mass is 142 g/mol. The molecule has 0 rings (SSSR count). The summed E-state index contributed by atoms with van der Waals surface area (Å²) in [6.07, 6.45) is 0. The predicted octanol–water partition coefficient (Wildman–Crippen LogP) is -1.43. The van der Waals surface area contributed by atoms with Crippen LogP contribution in [0.25, 0.3) is 0 Å². The summed E-state index contributed by atoms with van der Waals surface area (Å²) in [7, 11) is 0. The van der Waals surface area contributed by atoms with Crippen LogP contribution in [0.4, 0.5) is 0 Å². The van der Waals surface area contributed by atoms with Crippen molar-refractivity contribution in [2.45, 2.75) is 6.92 Å². The molecular weight excluding hydrogens is 132 g/mol. The zero-order valence-electron chi connectivity index (χ0n) is 5.63. The number of nitrogens with one attached hydrogen (secondary N) is 1. The number of aliphatic imine (C=N–C) groups is 2. The second kappa shape index (κ2) is 3.44. The average Bonchev–Trinajstić information content (AvgIpc) is 1.58. The highest BCUT2D eigenvalue weighted by atomic mass is 15.1. The Morgan fingerprint density at radius 3 is 2.00 bits per heavy atom. The van der Waals surface area contributed by atoms with Crippen LogP contribution < -0.4 is 17.2 Å². The highest BCUT2D eigenvalue weighted by Crippen LogP contribution is 1.72. The van der Waals surface area contributed by atoms with Gasteiger partial charge in [-0.05, 0) is 6.92 Å². The normalized spacial score (nSPS) is 13.3. The molecule has 6 heteroatoms. The third-order valence-corrected chi connectivity index (χ3v) is 0.526. The van der Waals surface area contributed by atoms with Crippen LogP contribution in [0.15, 0.2) is 9.98 Å². The first-order chi connectivity index (χ1) is 4.52. The minimum absolute atomic E-state index is 0.104. The fraction of sp³-hybridized carbons (Fsp3) is 0.250. The molecule has 0 aliphatic carbocycles. The van der Waals surface area contributed by atoms with Crippen molar-refractivity contribution in [2.75, 3.05) is 0 Å². The molecule has 0 saturated carbocycles. The maximum atomic E-state index is 6.67. The Morgan fingerprint density at radius 1 is 1.20 bits per heavy atom. The summed E-state index contributed by atoms with van der Waals surface area (Å²) in [6, 6.07) is 0. The summed E-state index contributed by atoms with van der Waals surface area (Å²) in [6.45, 7) is 1.56. The standard InChI is InChI=1S/C4H10N6/c1-2(5)9-4(8)10-3(6)7/h1H3,(H7,5,6,7,8,9,10). The van der Waals surface area contributed by atoms with Gasteiger partial charge in [0.15, 0.2) is 0 Å². The van der Waals surface area contributed by atoms with E-state index in [1.807, 2.05) is 0 Å². The lowest BCUT2D eigenvalue weighted by Gasteiger charge is -1.91. The van der Waals surface area contributed by atoms with E-state index >= 15 is 0 Å². The predicted molar refractivity (Wildman–Crippen MR) is 40.8 cm³/mol. The zero-order valence-corrected chi connectivity index (χ0v) is 5.63. The number of amidine groups is 1. The molecule has 0 aliphatic rings. The molecule has 0 aromatic heterocycles. The highest BCUT2D eigenvalue weighted by molar-refractivity contribution is 5.98. The van der Waals surface area contributed by atoms with Gasteiger partial charge >= 0.3 is 0 Å². The fourth-order valence-corrected chi connectivity index (χ4v) is 0.329. The number of rotatable bonds is 0. The largest absolute Gasteiger partial charge is 0.387 e. The van der Waals surface area contributed by atoms with E-state index < -0.39 is 0 Å². The quantitative estimate of drug-likeness (QED) is 0.244. The van der Waals surface area contributed by atoms with Crippen LogP contribution in [0.3, 0.4) is 0 Å². The van der Waals surface area contributed by atoms with Gasteiger partial charge in [0.2, 0.25) is 11.9 Å². The maximum absolute atomic E-state index is 6.67. The van der Waals surface area contributed by atoms with E-state index in [-0.39, 0.29) is 17.8 Å². The second-order valence-electron chi connectivity index (χ2n) is 1.61. The van der Waals surface area contributed by atoms with E-state index in [9.17, 15) is 0 Å². The molecule has 10 heavy (non-hydrogen) atoms. The zero-order chi connectivity index (χ0) is 8.15. The molecular formula is C4H10N6. The fourth-order valence-electron chi connectivity index (χ4n) is 0.329. The minimum Gasteiger partial charge on any atom is -0.387 e. The van der Waals surface area contributed by atoms with Crippen molar-refractivity contribution in [1.82, 2.24) is 0 Å². The first-order valence-electron chi connectivity index (χ1n) is 2.51. The van der Waals surface area contributed by atoms with Gasteiger partial charge < -0.3 is 17.2 Å². The molecule has 0 bridgehead atoms. The molecule has 0 spiro atoms. The Hall–Kier alpha value is -1.59. The maximum Gasteiger partial charge on any atom is 0.224 e. The number of guanidine groups is 2. The van der Waals surface area contributed by atoms with Crippen LogP contribution in [-0.2, 0) is 0 Å². The molecule has 0 fully saturated rings. The molecule has 56 valence electrons. The van der Waals surface area contributed by atoms with Gasteiger partial charge in [-0.3, -0.25) is 5.41 Å². The lowest BCUT2D eigenvalue weighted by atomic mass is 10.7. The van der Waals surface area contributed by atoms with E-state index in [1.165, 1.54) is 0 Å². The molecule has 0 saturated heterocycles. The molecule has 7 N–H and O–H groups in total. The number of nitrogens with zero attached hydrogens (tertiary/aromatic N) is 2. The van der Waals surface area contributed by atoms with Crippen molar-refractivity contribution in [3.8, 4) is 0 Å². The first kappa shape index (κ1) is 8.41. The summed E-state index contributed by atoms with van der Waals surface area (Å²) in [5, 5.41) is 6.67. The third kappa shape index (κ3) is 4.57. The Morgan fingerprint density at radius 2 is 1.70 bits per heavy atom. The molecule has 0 atom stereocenters. The molecule has 0 heterocycles. The van der Waals surface area contributed by atoms with Crippen LogP contribution >= 0.6 is 0 Å². The van der Waals surface area contributed by atoms with Crippen molar-refractivity contribution in [3.05, 3.63) is 0 Å². The average molecular weight is 142 g/mol. The van der Waals surface area contributed by atoms with Gasteiger partial charge in [0.1, 0.15) is 0 Å². The van der Waals surface area contributed by atoms with E-state index in [2.05, 4.69) is 9.98 Å². The van der Waals surface area contributed by atoms with Gasteiger partial charge in [-0.15, -0.1) is 0 Å². The Kier molecular flexibility index (Phi) is 2.89. The molecule has 0 unspecified atom stereocenters. The number of hydrogen-bond donors (Lipinski definition) is 4. The van der Waals surface area contributed by atoms with Crippen molar-refractivity contribution >= 4 is 17.8 Å². The SMILES string of the molecule is C/C(N)=N\C(N)=N/C(=N)N. The van der Waals surface area contributed by atoms with Gasteiger partial charge in [0.05, 0.1) is 5.84 Å². The Labute approximate surface area is 58.3 Å². The van der Waals surface area contributed by atoms with Crippen molar-refractivity contribution < 1.29 is 0 Å². The van der Waals surface area contributed by atoms with Crippen molar-refractivity contribution in [2.24, 2.45) is 27.2 Å². The lowest BCUT2D eigenvalue weighted by Crippen LogP contribution is -2.19. The highest BCUT2D eigenvalue weighted by Gasteiger charge is 1.87. The van der Waals surface area contributed by atoms with Gasteiger partial charge in [-0.2, -0.15) is 4.99 Å².